The summed E-state index contributed by atoms with van der Waals surface area (Å²) in [5.41, 5.74) is 0.352. The molecule has 0 aromatic carbocycles. The number of carbonyl (C=O) groups is 1. The Morgan fingerprint density at radius 2 is 2.07 bits per heavy atom. The highest BCUT2D eigenvalue weighted by Gasteiger charge is 2.24. The van der Waals surface area contributed by atoms with Crippen LogP contribution in [0.3, 0.4) is 0 Å². The maximum Gasteiger partial charge on any atom is 0.410 e. The van der Waals surface area contributed by atoms with E-state index in [0.29, 0.717) is 15.9 Å². The maximum absolute atomic E-state index is 14.3. The molecule has 10 heteroatoms. The van der Waals surface area contributed by atoms with Crippen molar-refractivity contribution < 1.29 is 13.9 Å². The summed E-state index contributed by atoms with van der Waals surface area (Å²) in [4.78, 5) is 26.9. The van der Waals surface area contributed by atoms with Crippen LogP contribution in [0.25, 0.3) is 11.3 Å². The van der Waals surface area contributed by atoms with E-state index in [1.807, 2.05) is 20.8 Å². The highest BCUT2D eigenvalue weighted by Crippen LogP contribution is 2.41. The molecule has 0 aliphatic carbocycles. The fourth-order valence-electron chi connectivity index (χ4n) is 2.26. The zero-order valence-corrected chi connectivity index (χ0v) is 19.2. The number of pyridine rings is 2. The standard InChI is InChI=1S/C20H20ClFN4O2S2/c1-20(2,3)26(4)19(27)28-11-15-25-16(13-6-5-8-24-17(13)22)18(30-15)29-12-7-9-23-14(21)10-12/h5-10H,11H2,1-4H3. The van der Waals surface area contributed by atoms with Crippen molar-refractivity contribution in [2.75, 3.05) is 7.05 Å². The molecule has 0 radical (unpaired) electrons. The number of hydrogen-bond donors (Lipinski definition) is 0. The van der Waals surface area contributed by atoms with Gasteiger partial charge in [-0.25, -0.2) is 19.7 Å². The number of halogens is 2. The highest BCUT2D eigenvalue weighted by atomic mass is 35.5. The van der Waals surface area contributed by atoms with Crippen LogP contribution in [0.1, 0.15) is 25.8 Å². The molecule has 6 nitrogen and oxygen atoms in total. The van der Waals surface area contributed by atoms with Crippen molar-refractivity contribution in [3.63, 3.8) is 0 Å². The number of nitrogens with zero attached hydrogens (tertiary/aromatic N) is 4. The first-order valence-corrected chi connectivity index (χ1v) is 11.0. The first kappa shape index (κ1) is 22.5. The van der Waals surface area contributed by atoms with Crippen LogP contribution in [0, 0.1) is 5.95 Å². The number of carbonyl (C=O) groups excluding carboxylic acids is 1. The van der Waals surface area contributed by atoms with E-state index in [1.54, 1.807) is 37.5 Å². The molecule has 3 aromatic rings. The minimum absolute atomic E-state index is 0.0174. The second-order valence-electron chi connectivity index (χ2n) is 7.29. The summed E-state index contributed by atoms with van der Waals surface area (Å²) in [6, 6.07) is 6.78. The molecule has 3 rings (SSSR count). The Hall–Kier alpha value is -2.23. The van der Waals surface area contributed by atoms with E-state index in [9.17, 15) is 9.18 Å². The van der Waals surface area contributed by atoms with E-state index in [2.05, 4.69) is 15.0 Å². The second-order valence-corrected chi connectivity index (χ2v) is 10.1. The molecular formula is C20H20ClFN4O2S2. The molecule has 0 unspecified atom stereocenters. The first-order valence-electron chi connectivity index (χ1n) is 8.95. The van der Waals surface area contributed by atoms with Crippen molar-refractivity contribution >= 4 is 40.8 Å². The Labute approximate surface area is 187 Å². The molecule has 1 amide bonds. The van der Waals surface area contributed by atoms with Gasteiger partial charge in [0.05, 0.1) is 9.77 Å². The van der Waals surface area contributed by atoms with Gasteiger partial charge in [-0.3, -0.25) is 0 Å². The van der Waals surface area contributed by atoms with Crippen molar-refractivity contribution in [2.24, 2.45) is 0 Å². The molecular weight excluding hydrogens is 447 g/mol. The van der Waals surface area contributed by atoms with Gasteiger partial charge in [-0.15, -0.1) is 11.3 Å². The van der Waals surface area contributed by atoms with Crippen LogP contribution >= 0.6 is 34.7 Å². The molecule has 3 heterocycles. The van der Waals surface area contributed by atoms with E-state index in [-0.39, 0.29) is 17.7 Å². The number of aromatic nitrogens is 3. The SMILES string of the molecule is CN(C(=O)OCc1nc(-c2cccnc2F)c(Sc2ccnc(Cl)c2)s1)C(C)(C)C. The Balaban J connectivity index is 1.88. The predicted molar refractivity (Wildman–Crippen MR) is 116 cm³/mol. The smallest absolute Gasteiger partial charge is 0.410 e. The van der Waals surface area contributed by atoms with E-state index >= 15 is 0 Å². The summed E-state index contributed by atoms with van der Waals surface area (Å²) in [6.07, 6.45) is 2.52. The Morgan fingerprint density at radius 1 is 1.30 bits per heavy atom. The van der Waals surface area contributed by atoms with Crippen LogP contribution in [-0.4, -0.2) is 38.5 Å². The molecule has 0 aliphatic heterocycles. The second kappa shape index (κ2) is 9.28. The summed E-state index contributed by atoms with van der Waals surface area (Å²) in [7, 11) is 1.68. The van der Waals surface area contributed by atoms with Gasteiger partial charge in [0.2, 0.25) is 5.95 Å². The van der Waals surface area contributed by atoms with Crippen molar-refractivity contribution in [1.82, 2.24) is 19.9 Å². The number of hydrogen-bond acceptors (Lipinski definition) is 7. The van der Waals surface area contributed by atoms with Crippen LogP contribution in [0.2, 0.25) is 5.15 Å². The molecule has 0 atom stereocenters. The fraction of sp³-hybridized carbons (Fsp3) is 0.300. The number of rotatable bonds is 5. The molecule has 158 valence electrons. The monoisotopic (exact) mass is 466 g/mol. The molecule has 0 spiro atoms. The number of ether oxygens (including phenoxy) is 1. The molecule has 0 saturated heterocycles. The quantitative estimate of drug-likeness (QED) is 0.435. The molecule has 0 aliphatic rings. The zero-order valence-electron chi connectivity index (χ0n) is 16.8. The molecule has 30 heavy (non-hydrogen) atoms. The molecule has 0 fully saturated rings. The van der Waals surface area contributed by atoms with Crippen LogP contribution in [0.4, 0.5) is 9.18 Å². The van der Waals surface area contributed by atoms with Gasteiger partial charge in [-0.05, 0) is 45.0 Å². The van der Waals surface area contributed by atoms with Gasteiger partial charge in [0.25, 0.3) is 0 Å². The Kier molecular flexibility index (Phi) is 6.95. The van der Waals surface area contributed by atoms with Gasteiger partial charge in [0.15, 0.2) is 0 Å². The van der Waals surface area contributed by atoms with E-state index in [4.69, 9.17) is 16.3 Å². The van der Waals surface area contributed by atoms with E-state index in [0.717, 1.165) is 9.10 Å². The third-order valence-corrected chi connectivity index (χ3v) is 6.56. The minimum Gasteiger partial charge on any atom is -0.442 e. The summed E-state index contributed by atoms with van der Waals surface area (Å²) in [5, 5.41) is 0.907. The average molecular weight is 467 g/mol. The zero-order chi connectivity index (χ0) is 21.9. The Bertz CT molecular complexity index is 1060. The van der Waals surface area contributed by atoms with Crippen LogP contribution in [-0.2, 0) is 11.3 Å². The third-order valence-electron chi connectivity index (χ3n) is 4.16. The molecule has 0 N–H and O–H groups in total. The minimum atomic E-state index is -0.617. The van der Waals surface area contributed by atoms with Crippen LogP contribution in [0.15, 0.2) is 45.8 Å². The summed E-state index contributed by atoms with van der Waals surface area (Å²) in [6.45, 7) is 5.72. The van der Waals surface area contributed by atoms with Gasteiger partial charge in [-0.2, -0.15) is 4.39 Å². The van der Waals surface area contributed by atoms with Gasteiger partial charge in [0, 0.05) is 29.9 Å². The largest absolute Gasteiger partial charge is 0.442 e. The van der Waals surface area contributed by atoms with Crippen LogP contribution in [0.5, 0.6) is 0 Å². The lowest BCUT2D eigenvalue weighted by Crippen LogP contribution is -2.42. The molecule has 3 aromatic heterocycles. The lowest BCUT2D eigenvalue weighted by atomic mass is 10.1. The third kappa shape index (κ3) is 5.47. The van der Waals surface area contributed by atoms with Crippen molar-refractivity contribution in [2.45, 2.75) is 42.0 Å². The van der Waals surface area contributed by atoms with Crippen molar-refractivity contribution in [3.05, 3.63) is 52.8 Å². The maximum atomic E-state index is 14.3. The summed E-state index contributed by atoms with van der Waals surface area (Å²) >= 11 is 8.69. The summed E-state index contributed by atoms with van der Waals surface area (Å²) < 4.78 is 20.5. The Morgan fingerprint density at radius 3 is 2.73 bits per heavy atom. The number of thiazole rings is 1. The normalized spacial score (nSPS) is 11.4. The summed E-state index contributed by atoms with van der Waals surface area (Å²) in [5.74, 6) is -0.617. The van der Waals surface area contributed by atoms with Crippen LogP contribution < -0.4 is 0 Å². The highest BCUT2D eigenvalue weighted by molar-refractivity contribution is 8.01. The number of amides is 1. The van der Waals surface area contributed by atoms with E-state index in [1.165, 1.54) is 34.2 Å². The van der Waals surface area contributed by atoms with E-state index < -0.39 is 12.0 Å². The first-order chi connectivity index (χ1) is 14.1. The van der Waals surface area contributed by atoms with Gasteiger partial charge in [0.1, 0.15) is 22.5 Å². The molecule has 0 bridgehead atoms. The topological polar surface area (TPSA) is 68.2 Å². The fourth-order valence-corrected chi connectivity index (χ4v) is 4.73. The average Bonchev–Trinajstić information content (AvgIpc) is 3.07. The lowest BCUT2D eigenvalue weighted by molar-refractivity contribution is 0.0759. The van der Waals surface area contributed by atoms with Gasteiger partial charge < -0.3 is 9.64 Å². The predicted octanol–water partition coefficient (Wildman–Crippen LogP) is 5.91. The van der Waals surface area contributed by atoms with Crippen molar-refractivity contribution in [1.29, 1.82) is 0 Å². The van der Waals surface area contributed by atoms with Gasteiger partial charge in [-0.1, -0.05) is 23.4 Å². The van der Waals surface area contributed by atoms with Crippen molar-refractivity contribution in [3.8, 4) is 11.3 Å². The molecule has 0 saturated carbocycles. The lowest BCUT2D eigenvalue weighted by Gasteiger charge is -2.30. The van der Waals surface area contributed by atoms with Gasteiger partial charge >= 0.3 is 6.09 Å².